The van der Waals surface area contributed by atoms with Crippen molar-refractivity contribution in [3.05, 3.63) is 21.9 Å². The molecule has 1 aliphatic rings. The van der Waals surface area contributed by atoms with Crippen molar-refractivity contribution in [2.45, 2.75) is 52.0 Å². The van der Waals surface area contributed by atoms with Crippen molar-refractivity contribution in [1.29, 1.82) is 0 Å². The van der Waals surface area contributed by atoms with E-state index in [0.717, 1.165) is 12.5 Å². The third-order valence-electron chi connectivity index (χ3n) is 4.45. The molecule has 1 aromatic heterocycles. The van der Waals surface area contributed by atoms with Crippen LogP contribution in [0.15, 0.2) is 11.4 Å². The van der Waals surface area contributed by atoms with E-state index in [9.17, 15) is 0 Å². The van der Waals surface area contributed by atoms with Crippen molar-refractivity contribution < 1.29 is 0 Å². The maximum atomic E-state index is 6.07. The highest BCUT2D eigenvalue weighted by Gasteiger charge is 2.24. The Morgan fingerprint density at radius 2 is 2.26 bits per heavy atom. The molecule has 0 amide bonds. The molecule has 3 heteroatoms. The second kappa shape index (κ2) is 7.41. The molecule has 0 aliphatic carbocycles. The van der Waals surface area contributed by atoms with Gasteiger partial charge in [-0.25, -0.2) is 0 Å². The van der Waals surface area contributed by atoms with E-state index in [0.29, 0.717) is 6.04 Å². The summed E-state index contributed by atoms with van der Waals surface area (Å²) in [6, 6.07) is 2.67. The van der Waals surface area contributed by atoms with Crippen molar-refractivity contribution in [2.24, 2.45) is 11.7 Å². The second-order valence-electron chi connectivity index (χ2n) is 5.84. The van der Waals surface area contributed by atoms with E-state index in [1.165, 1.54) is 55.6 Å². The van der Waals surface area contributed by atoms with E-state index >= 15 is 0 Å². The first-order chi connectivity index (χ1) is 9.26. The zero-order chi connectivity index (χ0) is 13.7. The number of nitrogens with zero attached hydrogens (tertiary/aromatic N) is 1. The fraction of sp³-hybridized carbons (Fsp3) is 0.750. The van der Waals surface area contributed by atoms with Gasteiger partial charge in [-0.1, -0.05) is 19.8 Å². The fourth-order valence-corrected chi connectivity index (χ4v) is 4.42. The van der Waals surface area contributed by atoms with Crippen molar-refractivity contribution in [3.8, 4) is 0 Å². The molecule has 0 aromatic carbocycles. The van der Waals surface area contributed by atoms with Crippen molar-refractivity contribution in [1.82, 2.24) is 4.90 Å². The van der Waals surface area contributed by atoms with Crippen LogP contribution in [0.1, 0.15) is 55.5 Å². The summed E-state index contributed by atoms with van der Waals surface area (Å²) >= 11 is 1.87. The molecule has 0 spiro atoms. The smallest absolute Gasteiger partial charge is 0.0566 e. The zero-order valence-corrected chi connectivity index (χ0v) is 13.2. The van der Waals surface area contributed by atoms with Crippen molar-refractivity contribution >= 4 is 11.3 Å². The number of hydrogen-bond donors (Lipinski definition) is 1. The average Bonchev–Trinajstić information content (AvgIpc) is 2.69. The summed E-state index contributed by atoms with van der Waals surface area (Å²) in [6.07, 6.45) is 6.83. The minimum atomic E-state index is 0.445. The fourth-order valence-electron chi connectivity index (χ4n) is 3.34. The predicted molar refractivity (Wildman–Crippen MR) is 84.7 cm³/mol. The lowest BCUT2D eigenvalue weighted by Gasteiger charge is -2.29. The van der Waals surface area contributed by atoms with Crippen molar-refractivity contribution in [3.63, 3.8) is 0 Å². The minimum Gasteiger partial charge on any atom is -0.329 e. The number of hydrogen-bond acceptors (Lipinski definition) is 3. The highest BCUT2D eigenvalue weighted by molar-refractivity contribution is 7.10. The molecule has 1 fully saturated rings. The molecule has 108 valence electrons. The SMILES string of the molecule is CCCC1CCCN(C(CN)c2sccc2C)CC1. The Balaban J connectivity index is 2.01. The summed E-state index contributed by atoms with van der Waals surface area (Å²) < 4.78 is 0. The van der Waals surface area contributed by atoms with Crippen molar-refractivity contribution in [2.75, 3.05) is 19.6 Å². The van der Waals surface area contributed by atoms with E-state index in [2.05, 4.69) is 30.2 Å². The molecular formula is C16H28N2S. The molecule has 19 heavy (non-hydrogen) atoms. The Hall–Kier alpha value is -0.380. The van der Waals surface area contributed by atoms with Crippen LogP contribution in [0.4, 0.5) is 0 Å². The lowest BCUT2D eigenvalue weighted by Crippen LogP contribution is -2.34. The summed E-state index contributed by atoms with van der Waals surface area (Å²) in [5.41, 5.74) is 7.48. The summed E-state index contributed by atoms with van der Waals surface area (Å²) in [4.78, 5) is 4.12. The van der Waals surface area contributed by atoms with Gasteiger partial charge >= 0.3 is 0 Å². The molecule has 1 aliphatic heterocycles. The van der Waals surface area contributed by atoms with Gasteiger partial charge in [-0.05, 0) is 62.2 Å². The van der Waals surface area contributed by atoms with Crippen LogP contribution in [0.3, 0.4) is 0 Å². The first kappa shape index (κ1) is 15.0. The van der Waals surface area contributed by atoms with Crippen LogP contribution in [-0.2, 0) is 0 Å². The second-order valence-corrected chi connectivity index (χ2v) is 6.79. The molecule has 0 bridgehead atoms. The summed E-state index contributed by atoms with van der Waals surface area (Å²) in [7, 11) is 0. The average molecular weight is 280 g/mol. The molecule has 1 saturated heterocycles. The van der Waals surface area contributed by atoms with Gasteiger partial charge < -0.3 is 5.73 Å². The molecule has 2 rings (SSSR count). The molecule has 0 saturated carbocycles. The Morgan fingerprint density at radius 1 is 1.42 bits per heavy atom. The first-order valence-corrected chi connectivity index (χ1v) is 8.62. The highest BCUT2D eigenvalue weighted by atomic mass is 32.1. The Labute approximate surface area is 122 Å². The van der Waals surface area contributed by atoms with Gasteiger partial charge in [0, 0.05) is 11.4 Å². The maximum Gasteiger partial charge on any atom is 0.0566 e. The van der Waals surface area contributed by atoms with Crippen LogP contribution in [0.2, 0.25) is 0 Å². The summed E-state index contributed by atoms with van der Waals surface area (Å²) in [5, 5.41) is 2.20. The third kappa shape index (κ3) is 3.80. The van der Waals surface area contributed by atoms with Gasteiger partial charge in [-0.15, -0.1) is 11.3 Å². The standard InChI is InChI=1S/C16H28N2S/c1-3-5-14-6-4-9-18(10-7-14)15(12-17)16-13(2)8-11-19-16/h8,11,14-15H,3-7,9-10,12,17H2,1-2H3. The van der Waals surface area contributed by atoms with Crippen LogP contribution in [0.5, 0.6) is 0 Å². The predicted octanol–water partition coefficient (Wildman–Crippen LogP) is 3.96. The monoisotopic (exact) mass is 280 g/mol. The number of aryl methyl sites for hydroxylation is 1. The van der Waals surface area contributed by atoms with Gasteiger partial charge in [0.05, 0.1) is 6.04 Å². The summed E-state index contributed by atoms with van der Waals surface area (Å²) in [6.45, 7) is 7.72. The number of thiophene rings is 1. The van der Waals surface area contributed by atoms with Gasteiger partial charge in [0.25, 0.3) is 0 Å². The lowest BCUT2D eigenvalue weighted by molar-refractivity contribution is 0.209. The van der Waals surface area contributed by atoms with Crippen LogP contribution < -0.4 is 5.73 Å². The van der Waals surface area contributed by atoms with E-state index in [1.54, 1.807) is 0 Å². The molecule has 2 nitrogen and oxygen atoms in total. The first-order valence-electron chi connectivity index (χ1n) is 7.74. The number of nitrogens with two attached hydrogens (primary N) is 1. The topological polar surface area (TPSA) is 29.3 Å². The molecular weight excluding hydrogens is 252 g/mol. The number of rotatable bonds is 5. The molecule has 2 unspecified atom stereocenters. The Morgan fingerprint density at radius 3 is 2.89 bits per heavy atom. The van der Waals surface area contributed by atoms with Gasteiger partial charge in [0.1, 0.15) is 0 Å². The van der Waals surface area contributed by atoms with E-state index in [4.69, 9.17) is 5.73 Å². The summed E-state index contributed by atoms with van der Waals surface area (Å²) in [5.74, 6) is 0.942. The maximum absolute atomic E-state index is 6.07. The highest BCUT2D eigenvalue weighted by Crippen LogP contribution is 2.31. The van der Waals surface area contributed by atoms with Crippen LogP contribution in [-0.4, -0.2) is 24.5 Å². The van der Waals surface area contributed by atoms with Crippen LogP contribution in [0.25, 0.3) is 0 Å². The van der Waals surface area contributed by atoms with Gasteiger partial charge in [0.2, 0.25) is 0 Å². The van der Waals surface area contributed by atoms with Crippen LogP contribution in [0, 0.1) is 12.8 Å². The van der Waals surface area contributed by atoms with Gasteiger partial charge in [-0.2, -0.15) is 0 Å². The van der Waals surface area contributed by atoms with Gasteiger partial charge in [0.15, 0.2) is 0 Å². The molecule has 1 aromatic rings. The molecule has 2 N–H and O–H groups in total. The molecule has 2 atom stereocenters. The Kier molecular flexibility index (Phi) is 5.86. The lowest BCUT2D eigenvalue weighted by atomic mass is 9.96. The Bertz CT molecular complexity index is 375. The third-order valence-corrected chi connectivity index (χ3v) is 5.57. The minimum absolute atomic E-state index is 0.445. The number of likely N-dealkylation sites (tertiary alicyclic amines) is 1. The molecule has 2 heterocycles. The van der Waals surface area contributed by atoms with Gasteiger partial charge in [-0.3, -0.25) is 4.90 Å². The van der Waals surface area contributed by atoms with E-state index < -0.39 is 0 Å². The van der Waals surface area contributed by atoms with E-state index in [1.807, 2.05) is 11.3 Å². The molecule has 0 radical (unpaired) electrons. The van der Waals surface area contributed by atoms with E-state index in [-0.39, 0.29) is 0 Å². The van der Waals surface area contributed by atoms with Crippen LogP contribution >= 0.6 is 11.3 Å². The normalized spacial score (nSPS) is 23.2. The largest absolute Gasteiger partial charge is 0.329 e. The zero-order valence-electron chi connectivity index (χ0n) is 12.4. The quantitative estimate of drug-likeness (QED) is 0.884.